The molecule has 1 heterocycles. The highest BCUT2D eigenvalue weighted by Crippen LogP contribution is 2.51. The second-order valence-electron chi connectivity index (χ2n) is 18.0. The highest BCUT2D eigenvalue weighted by Gasteiger charge is 2.41. The molecule has 0 N–H and O–H groups in total. The van der Waals surface area contributed by atoms with Crippen LogP contribution in [0.25, 0.3) is 49.7 Å². The van der Waals surface area contributed by atoms with Gasteiger partial charge in [-0.25, -0.2) is 0 Å². The van der Waals surface area contributed by atoms with E-state index in [-0.39, 0.29) is 10.8 Å². The fourth-order valence-electron chi connectivity index (χ4n) is 10.6. The minimum atomic E-state index is 0.154. The van der Waals surface area contributed by atoms with Crippen LogP contribution in [0.5, 0.6) is 0 Å². The number of anilines is 3. The minimum Gasteiger partial charge on any atom is -0.310 e. The smallest absolute Gasteiger partial charge is 0.0542 e. The highest BCUT2D eigenvalue weighted by atomic mass is 15.1. The lowest BCUT2D eigenvalue weighted by atomic mass is 9.81. The summed E-state index contributed by atoms with van der Waals surface area (Å²) in [6, 6.07) is 61.3. The predicted molar refractivity (Wildman–Crippen MR) is 243 cm³/mol. The van der Waals surface area contributed by atoms with Crippen molar-refractivity contribution in [2.24, 2.45) is 0 Å². The van der Waals surface area contributed by atoms with Crippen LogP contribution >= 0.6 is 0 Å². The number of hydrogen-bond acceptors (Lipinski definition) is 1. The van der Waals surface area contributed by atoms with Crippen LogP contribution in [0.3, 0.4) is 0 Å². The monoisotopic (exact) mass is 740 g/mol. The summed E-state index contributed by atoms with van der Waals surface area (Å²) in [5.41, 5.74) is 17.1. The molecule has 7 aromatic carbocycles. The normalized spacial score (nSPS) is 16.2. The molecule has 0 saturated heterocycles. The van der Waals surface area contributed by atoms with E-state index in [1.807, 2.05) is 0 Å². The van der Waals surface area contributed by atoms with Crippen LogP contribution in [0.2, 0.25) is 0 Å². The van der Waals surface area contributed by atoms with E-state index < -0.39 is 0 Å². The van der Waals surface area contributed by atoms with Gasteiger partial charge in [-0.05, 0) is 136 Å². The maximum Gasteiger partial charge on any atom is 0.0542 e. The predicted octanol–water partition coefficient (Wildman–Crippen LogP) is 15.6. The van der Waals surface area contributed by atoms with E-state index in [0.29, 0.717) is 5.92 Å². The molecule has 57 heavy (non-hydrogen) atoms. The van der Waals surface area contributed by atoms with Crippen LogP contribution in [0.15, 0.2) is 164 Å². The molecular weight excluding hydrogens is 689 g/mol. The second kappa shape index (κ2) is 14.0. The van der Waals surface area contributed by atoms with Gasteiger partial charge in [-0.15, -0.1) is 0 Å². The molecule has 0 unspecified atom stereocenters. The molecule has 1 saturated carbocycles. The number of hydrogen-bond donors (Lipinski definition) is 0. The zero-order valence-electron chi connectivity index (χ0n) is 33.8. The minimum absolute atomic E-state index is 0.154. The molecular formula is C55H52N2. The van der Waals surface area contributed by atoms with Crippen molar-refractivity contribution in [1.29, 1.82) is 0 Å². The van der Waals surface area contributed by atoms with Crippen molar-refractivity contribution in [3.63, 3.8) is 0 Å². The molecule has 2 nitrogen and oxygen atoms in total. The lowest BCUT2D eigenvalue weighted by molar-refractivity contribution is 0.403. The van der Waals surface area contributed by atoms with Gasteiger partial charge < -0.3 is 9.47 Å². The molecule has 0 atom stereocenters. The summed E-state index contributed by atoms with van der Waals surface area (Å²) in [5, 5.41) is 2.53. The van der Waals surface area contributed by atoms with Crippen LogP contribution in [0.4, 0.5) is 17.1 Å². The number of para-hydroxylation sites is 2. The van der Waals surface area contributed by atoms with Crippen molar-refractivity contribution in [3.8, 4) is 27.9 Å². The highest BCUT2D eigenvalue weighted by molar-refractivity contribution is 6.10. The Hall–Kier alpha value is -5.86. The second-order valence-corrected chi connectivity index (χ2v) is 18.0. The van der Waals surface area contributed by atoms with Crippen LogP contribution in [0, 0.1) is 0 Å². The first kappa shape index (κ1) is 35.5. The lowest BCUT2D eigenvalue weighted by Crippen LogP contribution is -2.17. The zero-order chi connectivity index (χ0) is 38.7. The Balaban J connectivity index is 1.13. The quantitative estimate of drug-likeness (QED) is 0.158. The molecule has 0 amide bonds. The summed E-state index contributed by atoms with van der Waals surface area (Å²) in [6.07, 6.45) is 7.70. The molecule has 1 aromatic heterocycles. The molecule has 2 heteroatoms. The number of benzene rings is 7. The zero-order valence-corrected chi connectivity index (χ0v) is 33.8. The van der Waals surface area contributed by atoms with E-state index in [4.69, 9.17) is 0 Å². The third-order valence-corrected chi connectivity index (χ3v) is 13.1. The van der Waals surface area contributed by atoms with Gasteiger partial charge in [0.15, 0.2) is 0 Å². The van der Waals surface area contributed by atoms with Gasteiger partial charge in [0.25, 0.3) is 0 Å². The number of aromatic nitrogens is 1. The standard InChI is InChI=1S/C55H52N2/c1-54(2)37-55(3,4)51-35-41(26-30-50(51)54)43-32-42(39-18-10-6-11-19-39)33-47(34-43)57-52-23-15-14-22-48(52)49-36-46(29-31-53(49)57)56(44-20-12-7-13-21-44)45-27-24-40(25-28-45)38-16-8-5-9-17-38/h5,7-9,12-17,20-36,39H,6,10-11,18-19,37H2,1-4H3. The first-order chi connectivity index (χ1) is 27.7. The number of fused-ring (bicyclic) bond motifs is 4. The van der Waals surface area contributed by atoms with Gasteiger partial charge in [-0.1, -0.05) is 150 Å². The van der Waals surface area contributed by atoms with E-state index >= 15 is 0 Å². The molecule has 0 spiro atoms. The Labute approximate surface area is 338 Å². The topological polar surface area (TPSA) is 8.17 Å². The van der Waals surface area contributed by atoms with Gasteiger partial charge in [0.2, 0.25) is 0 Å². The molecule has 10 rings (SSSR count). The van der Waals surface area contributed by atoms with Gasteiger partial charge >= 0.3 is 0 Å². The summed E-state index contributed by atoms with van der Waals surface area (Å²) in [6.45, 7) is 9.69. The molecule has 2 aliphatic carbocycles. The molecule has 0 aliphatic heterocycles. The van der Waals surface area contributed by atoms with Crippen molar-refractivity contribution in [2.75, 3.05) is 4.90 Å². The average Bonchev–Trinajstić information content (AvgIpc) is 3.67. The SMILES string of the molecule is CC1(C)CC(C)(C)c2cc(-c3cc(C4CCCCC4)cc(-n4c5ccccc5c5cc(N(c6ccccc6)c6ccc(-c7ccccc7)cc6)ccc54)c3)ccc21. The Bertz CT molecular complexity index is 2730. The lowest BCUT2D eigenvalue weighted by Gasteiger charge is -2.26. The third-order valence-electron chi connectivity index (χ3n) is 13.1. The van der Waals surface area contributed by atoms with E-state index in [1.54, 1.807) is 0 Å². The third kappa shape index (κ3) is 6.36. The van der Waals surface area contributed by atoms with Crippen LogP contribution in [-0.4, -0.2) is 4.57 Å². The van der Waals surface area contributed by atoms with E-state index in [9.17, 15) is 0 Å². The Morgan fingerprint density at radius 1 is 0.456 bits per heavy atom. The van der Waals surface area contributed by atoms with Crippen molar-refractivity contribution < 1.29 is 0 Å². The number of nitrogens with zero attached hydrogens (tertiary/aromatic N) is 2. The molecule has 282 valence electrons. The van der Waals surface area contributed by atoms with Crippen LogP contribution in [0.1, 0.15) is 88.8 Å². The maximum atomic E-state index is 2.53. The fourth-order valence-corrected chi connectivity index (χ4v) is 10.6. The fraction of sp³-hybridized carbons (Fsp3) is 0.236. The van der Waals surface area contributed by atoms with Crippen LogP contribution in [-0.2, 0) is 10.8 Å². The van der Waals surface area contributed by atoms with Crippen molar-refractivity contribution in [2.45, 2.75) is 83.0 Å². The molecule has 0 bridgehead atoms. The molecule has 1 fully saturated rings. The first-order valence-corrected chi connectivity index (χ1v) is 21.1. The molecule has 8 aromatic rings. The van der Waals surface area contributed by atoms with E-state index in [1.165, 1.54) is 105 Å². The van der Waals surface area contributed by atoms with Crippen molar-refractivity contribution >= 4 is 38.9 Å². The molecule has 0 radical (unpaired) electrons. The molecule has 2 aliphatic rings. The Kier molecular flexibility index (Phi) is 8.70. The van der Waals surface area contributed by atoms with Gasteiger partial charge in [0.05, 0.1) is 11.0 Å². The largest absolute Gasteiger partial charge is 0.310 e. The van der Waals surface area contributed by atoms with Crippen molar-refractivity contribution in [3.05, 3.63) is 180 Å². The average molecular weight is 741 g/mol. The van der Waals surface area contributed by atoms with E-state index in [0.717, 1.165) is 17.1 Å². The van der Waals surface area contributed by atoms with Gasteiger partial charge in [0, 0.05) is 33.5 Å². The Morgan fingerprint density at radius 3 is 1.84 bits per heavy atom. The summed E-state index contributed by atoms with van der Waals surface area (Å²) in [4.78, 5) is 2.39. The first-order valence-electron chi connectivity index (χ1n) is 21.1. The maximum absolute atomic E-state index is 2.53. The van der Waals surface area contributed by atoms with Crippen LogP contribution < -0.4 is 4.90 Å². The van der Waals surface area contributed by atoms with E-state index in [2.05, 4.69) is 201 Å². The van der Waals surface area contributed by atoms with Gasteiger partial charge in [-0.3, -0.25) is 0 Å². The van der Waals surface area contributed by atoms with Gasteiger partial charge in [0.1, 0.15) is 0 Å². The summed E-state index contributed by atoms with van der Waals surface area (Å²) >= 11 is 0. The number of rotatable bonds is 7. The summed E-state index contributed by atoms with van der Waals surface area (Å²) in [7, 11) is 0. The van der Waals surface area contributed by atoms with Gasteiger partial charge in [-0.2, -0.15) is 0 Å². The summed E-state index contributed by atoms with van der Waals surface area (Å²) in [5.74, 6) is 0.592. The Morgan fingerprint density at radius 2 is 1.07 bits per heavy atom. The van der Waals surface area contributed by atoms with Crippen molar-refractivity contribution in [1.82, 2.24) is 4.57 Å². The summed E-state index contributed by atoms with van der Waals surface area (Å²) < 4.78 is 2.53.